The van der Waals surface area contributed by atoms with Gasteiger partial charge in [-0.2, -0.15) is 0 Å². The molecule has 0 aromatic heterocycles. The maximum Gasteiger partial charge on any atom is 0.223 e. The van der Waals surface area contributed by atoms with Crippen LogP contribution in [0, 0.1) is 17.2 Å². The van der Waals surface area contributed by atoms with Crippen LogP contribution in [0.1, 0.15) is 32.3 Å². The molecule has 1 saturated heterocycles. The summed E-state index contributed by atoms with van der Waals surface area (Å²) in [5.74, 6) is 0.162. The molecule has 3 N–H and O–H groups in total. The van der Waals surface area contributed by atoms with Gasteiger partial charge in [0.1, 0.15) is 12.4 Å². The van der Waals surface area contributed by atoms with E-state index >= 15 is 0 Å². The van der Waals surface area contributed by atoms with Gasteiger partial charge in [0.15, 0.2) is 0 Å². The third kappa shape index (κ3) is 6.75. The van der Waals surface area contributed by atoms with E-state index in [1.165, 1.54) is 21.9 Å². The van der Waals surface area contributed by atoms with E-state index in [9.17, 15) is 9.18 Å². The summed E-state index contributed by atoms with van der Waals surface area (Å²) < 4.78 is 13.0. The first-order valence-corrected chi connectivity index (χ1v) is 9.40. The van der Waals surface area contributed by atoms with Crippen molar-refractivity contribution in [2.75, 3.05) is 40.3 Å². The zero-order valence-electron chi connectivity index (χ0n) is 16.1. The van der Waals surface area contributed by atoms with Crippen molar-refractivity contribution in [3.8, 4) is 0 Å². The minimum Gasteiger partial charge on any atom is -0.355 e. The van der Waals surface area contributed by atoms with Crippen LogP contribution in [-0.2, 0) is 11.3 Å². The average Bonchev–Trinajstić information content (AvgIpc) is 2.54. The van der Waals surface area contributed by atoms with Crippen molar-refractivity contribution in [3.05, 3.63) is 35.6 Å². The Balaban J connectivity index is 1.73. The highest BCUT2D eigenvalue weighted by Crippen LogP contribution is 2.13. The molecular weight excluding hydrogens is 317 g/mol. The van der Waals surface area contributed by atoms with Crippen LogP contribution in [0.3, 0.4) is 0 Å². The summed E-state index contributed by atoms with van der Waals surface area (Å²) in [4.78, 5) is 15.3. The lowest BCUT2D eigenvalue weighted by Crippen LogP contribution is -3.11. The first-order chi connectivity index (χ1) is 11.7. The molecule has 140 valence electrons. The highest BCUT2D eigenvalue weighted by Gasteiger charge is 2.29. The summed E-state index contributed by atoms with van der Waals surface area (Å²) in [6.07, 6.45) is 1.86. The Morgan fingerprint density at radius 2 is 1.84 bits per heavy atom. The number of hydrogen-bond acceptors (Lipinski definition) is 1. The molecule has 2 rings (SSSR count). The number of rotatable bonds is 7. The predicted octanol–water partition coefficient (Wildman–Crippen LogP) is -0.0925. The molecule has 1 aliphatic heterocycles. The number of carbonyl (C=O) groups excluding carboxylic acids is 1. The zero-order chi connectivity index (χ0) is 18.4. The molecule has 0 saturated carbocycles. The molecule has 5 heteroatoms. The van der Waals surface area contributed by atoms with Gasteiger partial charge >= 0.3 is 0 Å². The molecule has 0 spiro atoms. The van der Waals surface area contributed by atoms with Crippen molar-refractivity contribution in [1.82, 2.24) is 5.32 Å². The highest BCUT2D eigenvalue weighted by atomic mass is 19.1. The predicted molar refractivity (Wildman–Crippen MR) is 98.0 cm³/mol. The second-order valence-electron chi connectivity index (χ2n) is 8.59. The number of quaternary nitrogens is 2. The van der Waals surface area contributed by atoms with Crippen molar-refractivity contribution in [1.29, 1.82) is 0 Å². The van der Waals surface area contributed by atoms with Crippen LogP contribution in [0.15, 0.2) is 24.3 Å². The monoisotopic (exact) mass is 351 g/mol. The van der Waals surface area contributed by atoms with Crippen molar-refractivity contribution in [2.24, 2.45) is 11.3 Å². The molecule has 1 aromatic rings. The Labute approximate surface area is 151 Å². The molecular formula is C20H34FN3O+2. The average molecular weight is 352 g/mol. The van der Waals surface area contributed by atoms with Gasteiger partial charge in [-0.15, -0.1) is 0 Å². The van der Waals surface area contributed by atoms with E-state index in [1.807, 2.05) is 12.1 Å². The Kier molecular flexibility index (Phi) is 6.96. The van der Waals surface area contributed by atoms with Crippen LogP contribution in [0.4, 0.5) is 4.39 Å². The Morgan fingerprint density at radius 1 is 1.24 bits per heavy atom. The van der Waals surface area contributed by atoms with Crippen LogP contribution in [0.2, 0.25) is 0 Å². The minimum atomic E-state index is -0.187. The summed E-state index contributed by atoms with van der Waals surface area (Å²) in [5, 5.41) is 3.17. The molecule has 25 heavy (non-hydrogen) atoms. The quantitative estimate of drug-likeness (QED) is 0.631. The maximum absolute atomic E-state index is 13.0. The number of hydrogen-bond donors (Lipinski definition) is 3. The SMILES string of the molecule is C[NH+](C)CC(C)(C)CNC(=O)C1CC[NH+](Cc2ccc(F)cc2)CC1. The number of benzene rings is 1. The fourth-order valence-corrected chi connectivity index (χ4v) is 3.85. The molecule has 1 heterocycles. The number of piperidine rings is 1. The third-order valence-electron chi connectivity index (χ3n) is 5.00. The van der Waals surface area contributed by atoms with E-state index in [4.69, 9.17) is 0 Å². The van der Waals surface area contributed by atoms with Gasteiger partial charge in [-0.05, 0) is 12.1 Å². The number of halogens is 1. The molecule has 0 unspecified atom stereocenters. The van der Waals surface area contributed by atoms with Gasteiger partial charge in [0.05, 0.1) is 33.7 Å². The van der Waals surface area contributed by atoms with Crippen molar-refractivity contribution < 1.29 is 19.0 Å². The van der Waals surface area contributed by atoms with Crippen molar-refractivity contribution >= 4 is 5.91 Å². The van der Waals surface area contributed by atoms with E-state index in [0.29, 0.717) is 0 Å². The molecule has 0 bridgehead atoms. The van der Waals surface area contributed by atoms with E-state index < -0.39 is 0 Å². The number of carbonyl (C=O) groups is 1. The number of likely N-dealkylation sites (tertiary alicyclic amines) is 1. The summed E-state index contributed by atoms with van der Waals surface area (Å²) in [6.45, 7) is 9.09. The molecule has 0 aliphatic carbocycles. The lowest BCUT2D eigenvalue weighted by Gasteiger charge is -2.30. The van der Waals surface area contributed by atoms with E-state index in [-0.39, 0.29) is 23.1 Å². The Morgan fingerprint density at radius 3 is 2.40 bits per heavy atom. The molecule has 1 aliphatic rings. The molecule has 0 atom stereocenters. The van der Waals surface area contributed by atoms with E-state index in [1.54, 1.807) is 0 Å². The standard InChI is InChI=1S/C20H32FN3O/c1-20(2,15-23(3)4)14-22-19(25)17-9-11-24(12-10-17)13-16-5-7-18(21)8-6-16/h5-8,17H,9-15H2,1-4H3,(H,22,25)/p+2. The van der Waals surface area contributed by atoms with Gasteiger partial charge in [0, 0.05) is 36.3 Å². The van der Waals surface area contributed by atoms with Crippen LogP contribution < -0.4 is 15.1 Å². The second kappa shape index (κ2) is 8.77. The smallest absolute Gasteiger partial charge is 0.223 e. The topological polar surface area (TPSA) is 38.0 Å². The molecule has 1 fully saturated rings. The summed E-state index contributed by atoms with van der Waals surface area (Å²) >= 11 is 0. The minimum absolute atomic E-state index is 0.114. The summed E-state index contributed by atoms with van der Waals surface area (Å²) in [5.41, 5.74) is 1.27. The van der Waals surface area contributed by atoms with Gasteiger partial charge in [-0.3, -0.25) is 4.79 Å². The Bertz CT molecular complexity index is 549. The lowest BCUT2D eigenvalue weighted by atomic mass is 9.91. The van der Waals surface area contributed by atoms with Gasteiger partial charge < -0.3 is 15.1 Å². The normalized spacial score (nSPS) is 21.4. The number of nitrogens with one attached hydrogen (secondary N) is 3. The third-order valence-corrected chi connectivity index (χ3v) is 5.00. The summed E-state index contributed by atoms with van der Waals surface area (Å²) in [6, 6.07) is 6.75. The largest absolute Gasteiger partial charge is 0.355 e. The van der Waals surface area contributed by atoms with Crippen LogP contribution in [0.5, 0.6) is 0 Å². The fourth-order valence-electron chi connectivity index (χ4n) is 3.85. The number of amides is 1. The van der Waals surface area contributed by atoms with Crippen LogP contribution in [0.25, 0.3) is 0 Å². The highest BCUT2D eigenvalue weighted by molar-refractivity contribution is 5.78. The lowest BCUT2D eigenvalue weighted by molar-refractivity contribution is -0.919. The first kappa shape index (κ1) is 19.9. The van der Waals surface area contributed by atoms with E-state index in [2.05, 4.69) is 33.3 Å². The zero-order valence-corrected chi connectivity index (χ0v) is 16.1. The first-order valence-electron chi connectivity index (χ1n) is 9.40. The van der Waals surface area contributed by atoms with Gasteiger partial charge in [0.25, 0.3) is 0 Å². The van der Waals surface area contributed by atoms with Crippen molar-refractivity contribution in [2.45, 2.75) is 33.2 Å². The maximum atomic E-state index is 13.0. The van der Waals surface area contributed by atoms with Gasteiger partial charge in [-0.25, -0.2) is 4.39 Å². The van der Waals surface area contributed by atoms with Gasteiger partial charge in [-0.1, -0.05) is 26.0 Å². The Hall–Kier alpha value is -1.46. The van der Waals surface area contributed by atoms with E-state index in [0.717, 1.165) is 51.1 Å². The van der Waals surface area contributed by atoms with Crippen LogP contribution in [-0.4, -0.2) is 46.2 Å². The molecule has 1 aromatic carbocycles. The van der Waals surface area contributed by atoms with Gasteiger partial charge in [0.2, 0.25) is 5.91 Å². The van der Waals surface area contributed by atoms with Crippen molar-refractivity contribution in [3.63, 3.8) is 0 Å². The molecule has 0 radical (unpaired) electrons. The van der Waals surface area contributed by atoms with Crippen LogP contribution >= 0.6 is 0 Å². The molecule has 4 nitrogen and oxygen atoms in total. The molecule has 1 amide bonds. The second-order valence-corrected chi connectivity index (χ2v) is 8.59. The fraction of sp³-hybridized carbons (Fsp3) is 0.650. The summed E-state index contributed by atoms with van der Waals surface area (Å²) in [7, 11) is 4.28.